The molecule has 2 aromatic carbocycles. The number of ether oxygens (including phenoxy) is 1. The van der Waals surface area contributed by atoms with Crippen LogP contribution >= 0.6 is 11.3 Å². The first-order valence-corrected chi connectivity index (χ1v) is 11.6. The molecular weight excluding hydrogens is 441 g/mol. The molecule has 1 aliphatic rings. The van der Waals surface area contributed by atoms with Gasteiger partial charge in [0.25, 0.3) is 0 Å². The number of carbonyl (C=O) groups excluding carboxylic acids is 2. The molecule has 1 N–H and O–H groups in total. The molecule has 33 heavy (non-hydrogen) atoms. The van der Waals surface area contributed by atoms with Crippen molar-refractivity contribution in [2.24, 2.45) is 0 Å². The summed E-state index contributed by atoms with van der Waals surface area (Å²) in [4.78, 5) is 30.3. The molecule has 0 unspecified atom stereocenters. The number of amides is 2. The Bertz CT molecular complexity index is 1170. The standard InChI is InChI=1S/C25H24FN3O3S/c1-17(30)29(22-12-6-4-10-20(22)26)25-27-18(16-33-25)14-15-24(31)28-21-11-5-7-13-23(21)32-19-8-2-3-9-19/h4-7,10-16,19H,2-3,8-9H2,1H3,(H,28,31). The average Bonchev–Trinajstić information content (AvgIpc) is 3.47. The van der Waals surface area contributed by atoms with Gasteiger partial charge in [-0.25, -0.2) is 9.37 Å². The fourth-order valence-electron chi connectivity index (χ4n) is 3.69. The normalized spacial score (nSPS) is 13.9. The quantitative estimate of drug-likeness (QED) is 0.438. The van der Waals surface area contributed by atoms with Gasteiger partial charge in [-0.3, -0.25) is 14.5 Å². The van der Waals surface area contributed by atoms with E-state index in [2.05, 4.69) is 10.3 Å². The molecule has 1 aliphatic carbocycles. The van der Waals surface area contributed by atoms with Crippen molar-refractivity contribution in [3.8, 4) is 5.75 Å². The van der Waals surface area contributed by atoms with Crippen LogP contribution in [0.5, 0.6) is 5.75 Å². The van der Waals surface area contributed by atoms with Crippen LogP contribution in [0.15, 0.2) is 60.0 Å². The summed E-state index contributed by atoms with van der Waals surface area (Å²) in [5.41, 5.74) is 1.23. The smallest absolute Gasteiger partial charge is 0.248 e. The van der Waals surface area contributed by atoms with Crippen molar-refractivity contribution in [2.75, 3.05) is 10.2 Å². The Morgan fingerprint density at radius 2 is 1.88 bits per heavy atom. The topological polar surface area (TPSA) is 71.5 Å². The van der Waals surface area contributed by atoms with E-state index in [1.807, 2.05) is 18.2 Å². The zero-order valence-electron chi connectivity index (χ0n) is 18.2. The SMILES string of the molecule is CC(=O)N(c1nc(C=CC(=O)Nc2ccccc2OC2CCCC2)cs1)c1ccccc1F. The number of thiazole rings is 1. The van der Waals surface area contributed by atoms with E-state index in [4.69, 9.17) is 4.74 Å². The van der Waals surface area contributed by atoms with Gasteiger partial charge in [0.1, 0.15) is 11.6 Å². The lowest BCUT2D eigenvalue weighted by Gasteiger charge is -2.18. The molecule has 1 saturated carbocycles. The molecule has 3 aromatic rings. The lowest BCUT2D eigenvalue weighted by Crippen LogP contribution is -2.23. The van der Waals surface area contributed by atoms with E-state index in [0.29, 0.717) is 22.3 Å². The monoisotopic (exact) mass is 465 g/mol. The molecule has 0 bridgehead atoms. The second-order valence-corrected chi connectivity index (χ2v) is 8.54. The predicted molar refractivity (Wildman–Crippen MR) is 128 cm³/mol. The zero-order chi connectivity index (χ0) is 23.2. The predicted octanol–water partition coefficient (Wildman–Crippen LogP) is 5.94. The summed E-state index contributed by atoms with van der Waals surface area (Å²) in [5.74, 6) is -0.548. The van der Waals surface area contributed by atoms with Crippen molar-refractivity contribution in [3.63, 3.8) is 0 Å². The number of nitrogens with one attached hydrogen (secondary N) is 1. The van der Waals surface area contributed by atoms with Gasteiger partial charge in [-0.15, -0.1) is 11.3 Å². The largest absolute Gasteiger partial charge is 0.488 e. The molecule has 1 aromatic heterocycles. The number of nitrogens with zero attached hydrogens (tertiary/aromatic N) is 2. The Kier molecular flexibility index (Phi) is 7.14. The maximum Gasteiger partial charge on any atom is 0.248 e. The summed E-state index contributed by atoms with van der Waals surface area (Å²) in [6.45, 7) is 1.35. The van der Waals surface area contributed by atoms with Crippen molar-refractivity contribution in [1.82, 2.24) is 4.98 Å². The Hall–Kier alpha value is -3.52. The van der Waals surface area contributed by atoms with E-state index < -0.39 is 5.82 Å². The first-order valence-electron chi connectivity index (χ1n) is 10.8. The van der Waals surface area contributed by atoms with Gasteiger partial charge in [-0.2, -0.15) is 0 Å². The van der Waals surface area contributed by atoms with E-state index in [-0.39, 0.29) is 23.6 Å². The van der Waals surface area contributed by atoms with Crippen LogP contribution in [0.1, 0.15) is 38.3 Å². The van der Waals surface area contributed by atoms with Gasteiger partial charge in [-0.1, -0.05) is 24.3 Å². The highest BCUT2D eigenvalue weighted by Gasteiger charge is 2.21. The van der Waals surface area contributed by atoms with Crippen LogP contribution < -0.4 is 15.0 Å². The fraction of sp³-hybridized carbons (Fsp3) is 0.240. The molecule has 8 heteroatoms. The van der Waals surface area contributed by atoms with Crippen LogP contribution in [0.25, 0.3) is 6.08 Å². The minimum atomic E-state index is -0.516. The number of halogens is 1. The Labute approximate surface area is 195 Å². The van der Waals surface area contributed by atoms with E-state index in [0.717, 1.165) is 25.7 Å². The molecule has 4 rings (SSSR count). The summed E-state index contributed by atoms with van der Waals surface area (Å²) in [6.07, 6.45) is 7.48. The summed E-state index contributed by atoms with van der Waals surface area (Å²) in [6, 6.07) is 13.4. The number of para-hydroxylation sites is 3. The number of aromatic nitrogens is 1. The van der Waals surface area contributed by atoms with Crippen LogP contribution in [-0.4, -0.2) is 22.9 Å². The third kappa shape index (κ3) is 5.64. The van der Waals surface area contributed by atoms with Crippen LogP contribution in [0, 0.1) is 5.82 Å². The van der Waals surface area contributed by atoms with Crippen molar-refractivity contribution < 1.29 is 18.7 Å². The third-order valence-corrected chi connectivity index (χ3v) is 6.10. The lowest BCUT2D eigenvalue weighted by atomic mass is 10.2. The first kappa shape index (κ1) is 22.7. The highest BCUT2D eigenvalue weighted by Crippen LogP contribution is 2.32. The summed E-state index contributed by atoms with van der Waals surface area (Å²) in [5, 5.41) is 4.87. The van der Waals surface area contributed by atoms with E-state index >= 15 is 0 Å². The summed E-state index contributed by atoms with van der Waals surface area (Å²) < 4.78 is 20.3. The van der Waals surface area contributed by atoms with Gasteiger partial charge < -0.3 is 10.1 Å². The second-order valence-electron chi connectivity index (χ2n) is 7.70. The Morgan fingerprint density at radius 1 is 1.15 bits per heavy atom. The Balaban J connectivity index is 1.45. The van der Waals surface area contributed by atoms with E-state index in [1.165, 1.54) is 41.4 Å². The van der Waals surface area contributed by atoms with Gasteiger partial charge in [0, 0.05) is 18.4 Å². The number of benzene rings is 2. The maximum absolute atomic E-state index is 14.2. The van der Waals surface area contributed by atoms with Crippen molar-refractivity contribution >= 4 is 45.7 Å². The number of anilines is 3. The minimum Gasteiger partial charge on any atom is -0.488 e. The highest BCUT2D eigenvalue weighted by molar-refractivity contribution is 7.14. The number of hydrogen-bond donors (Lipinski definition) is 1. The van der Waals surface area contributed by atoms with Crippen molar-refractivity contribution in [2.45, 2.75) is 38.7 Å². The molecule has 2 amide bonds. The number of carbonyl (C=O) groups is 2. The molecule has 1 heterocycles. The van der Waals surface area contributed by atoms with E-state index in [1.54, 1.807) is 29.7 Å². The summed E-state index contributed by atoms with van der Waals surface area (Å²) in [7, 11) is 0. The van der Waals surface area contributed by atoms with Gasteiger partial charge in [0.2, 0.25) is 11.8 Å². The molecule has 6 nitrogen and oxygen atoms in total. The van der Waals surface area contributed by atoms with Crippen LogP contribution in [-0.2, 0) is 9.59 Å². The zero-order valence-corrected chi connectivity index (χ0v) is 19.0. The molecule has 1 fully saturated rings. The Morgan fingerprint density at radius 3 is 2.64 bits per heavy atom. The van der Waals surface area contributed by atoms with E-state index in [9.17, 15) is 14.0 Å². The maximum atomic E-state index is 14.2. The first-order chi connectivity index (χ1) is 16.0. The second kappa shape index (κ2) is 10.4. The third-order valence-electron chi connectivity index (χ3n) is 5.26. The number of rotatable bonds is 7. The molecule has 0 spiro atoms. The van der Waals surface area contributed by atoms with Gasteiger partial charge in [0.15, 0.2) is 5.13 Å². The van der Waals surface area contributed by atoms with Crippen molar-refractivity contribution in [1.29, 1.82) is 0 Å². The lowest BCUT2D eigenvalue weighted by molar-refractivity contribution is -0.116. The fourth-order valence-corrected chi connectivity index (χ4v) is 4.54. The van der Waals surface area contributed by atoms with Gasteiger partial charge in [0.05, 0.1) is 23.2 Å². The molecular formula is C25H24FN3O3S. The van der Waals surface area contributed by atoms with Crippen molar-refractivity contribution in [3.05, 3.63) is 71.5 Å². The molecule has 170 valence electrons. The van der Waals surface area contributed by atoms with Gasteiger partial charge >= 0.3 is 0 Å². The van der Waals surface area contributed by atoms with Crippen LogP contribution in [0.4, 0.5) is 20.9 Å². The highest BCUT2D eigenvalue weighted by atomic mass is 32.1. The molecule has 0 aliphatic heterocycles. The van der Waals surface area contributed by atoms with Gasteiger partial charge in [-0.05, 0) is 56.0 Å². The molecule has 0 atom stereocenters. The van der Waals surface area contributed by atoms with Crippen LogP contribution in [0.2, 0.25) is 0 Å². The summed E-state index contributed by atoms with van der Waals surface area (Å²) >= 11 is 1.19. The average molecular weight is 466 g/mol. The van der Waals surface area contributed by atoms with Crippen LogP contribution in [0.3, 0.4) is 0 Å². The minimum absolute atomic E-state index is 0.131. The molecule has 0 radical (unpaired) electrons. The molecule has 0 saturated heterocycles. The number of hydrogen-bond acceptors (Lipinski definition) is 5.